The molecule has 3 saturated heterocycles. The van der Waals surface area contributed by atoms with Crippen LogP contribution in [0, 0.1) is 17.8 Å². The standard InChI is InChI=1S/C60H94N12O18/c1-30(2)24-37(50(79)67-41(60(89)90)26-32(5)6)64-52(81)39(28-46(76)77)65-56(85)48(35(9)75)69-55(84)45-20-14-21-70(45)57(86)40(25-31(3)4)66-54(83)44-19-13-22-71(44)58(87)42(29-73)68-51(80)38(27-36-16-11-10-12-17-36)63-49(78)33(7)62-53(82)43-18-15-23-72(43)59(88)47(61)34(8)74/h10-12,16-17,30-35,37-45,47-48,73-75H,13-15,18-29,61H2,1-9H3,(H,62,82)(H,63,78)(H,64,81)(H,65,85)(H,66,83)(H,67,79)(H,68,80)(H,69,84)(H,76,77)(H,89,90)/t33-,34+,35+,37-,38-,39-,40-,41-,42-,43-,44-,45-,47-,48-/m0/s1. The maximum Gasteiger partial charge on any atom is 0.326 e. The number of aliphatic hydroxyl groups is 3. The molecule has 11 amide bonds. The van der Waals surface area contributed by atoms with Crippen molar-refractivity contribution < 1.29 is 87.9 Å². The fourth-order valence-electron chi connectivity index (χ4n) is 11.1. The molecule has 0 radical (unpaired) electrons. The van der Waals surface area contributed by atoms with Crippen LogP contribution < -0.4 is 48.3 Å². The Morgan fingerprint density at radius 3 is 1.37 bits per heavy atom. The number of benzene rings is 1. The van der Waals surface area contributed by atoms with Gasteiger partial charge in [-0.3, -0.25) is 57.5 Å². The van der Waals surface area contributed by atoms with Crippen LogP contribution in [0.4, 0.5) is 0 Å². The molecule has 30 nitrogen and oxygen atoms in total. The molecule has 14 atom stereocenters. The third kappa shape index (κ3) is 21.7. The summed E-state index contributed by atoms with van der Waals surface area (Å²) in [7, 11) is 0. The zero-order valence-corrected chi connectivity index (χ0v) is 52.8. The topological polar surface area (TPSA) is 455 Å². The van der Waals surface area contributed by atoms with E-state index in [4.69, 9.17) is 5.73 Å². The molecule has 1 aromatic carbocycles. The minimum atomic E-state index is -1.87. The predicted octanol–water partition coefficient (Wildman–Crippen LogP) is -3.12. The predicted molar refractivity (Wildman–Crippen MR) is 322 cm³/mol. The first-order chi connectivity index (χ1) is 42.3. The van der Waals surface area contributed by atoms with Crippen molar-refractivity contribution in [3.05, 3.63) is 35.9 Å². The SMILES string of the molecule is CC(C)C[C@H](NC(=O)[C@H](CC(C)C)NC(=O)[C@H](CC(=O)O)NC(=O)[C@@H](NC(=O)[C@@H]1CCCN1C(=O)[C@H](CC(C)C)NC(=O)[C@@H]1CCCN1C(=O)[C@H](CO)NC(=O)[C@H](Cc1ccccc1)NC(=O)[C@H](C)NC(=O)[C@@H]1CCCN1C(=O)[C@@H](N)[C@@H](C)O)[C@@H](C)O)C(=O)O. The monoisotopic (exact) mass is 1270 g/mol. The number of amides is 11. The number of nitrogens with one attached hydrogen (secondary N) is 8. The number of nitrogens with zero attached hydrogens (tertiary/aromatic N) is 3. The Bertz CT molecular complexity index is 2710. The Balaban J connectivity index is 1.46. The fraction of sp³-hybridized carbons (Fsp3) is 0.683. The number of likely N-dealkylation sites (tertiary alicyclic amines) is 3. The third-order valence-corrected chi connectivity index (χ3v) is 15.8. The lowest BCUT2D eigenvalue weighted by molar-refractivity contribution is -0.145. The summed E-state index contributed by atoms with van der Waals surface area (Å²) in [5.74, 6) is -12.9. The molecule has 90 heavy (non-hydrogen) atoms. The van der Waals surface area contributed by atoms with Gasteiger partial charge in [0.05, 0.1) is 25.2 Å². The van der Waals surface area contributed by atoms with E-state index in [1.165, 1.54) is 23.6 Å². The average molecular weight is 1270 g/mol. The molecule has 3 aliphatic heterocycles. The molecule has 3 heterocycles. The summed E-state index contributed by atoms with van der Waals surface area (Å²) in [4.78, 5) is 180. The van der Waals surface area contributed by atoms with E-state index in [1.54, 1.807) is 71.9 Å². The Morgan fingerprint density at radius 2 is 0.889 bits per heavy atom. The lowest BCUT2D eigenvalue weighted by atomic mass is 10.00. The number of hydrogen-bond acceptors (Lipinski definition) is 17. The van der Waals surface area contributed by atoms with Crippen LogP contribution in [0.2, 0.25) is 0 Å². The summed E-state index contributed by atoms with van der Waals surface area (Å²) in [6.07, 6.45) is -2.40. The van der Waals surface area contributed by atoms with Crippen molar-refractivity contribution >= 4 is 76.9 Å². The van der Waals surface area contributed by atoms with Gasteiger partial charge in [0.15, 0.2) is 0 Å². The first-order valence-corrected chi connectivity index (χ1v) is 30.8. The molecule has 30 heteroatoms. The lowest BCUT2D eigenvalue weighted by Gasteiger charge is -2.33. The molecule has 15 N–H and O–H groups in total. The zero-order chi connectivity index (χ0) is 67.4. The highest BCUT2D eigenvalue weighted by Crippen LogP contribution is 2.24. The van der Waals surface area contributed by atoms with Crippen LogP contribution in [-0.4, -0.2) is 228 Å². The summed E-state index contributed by atoms with van der Waals surface area (Å²) in [5, 5.41) is 70.7. The molecule has 0 bridgehead atoms. The van der Waals surface area contributed by atoms with E-state index in [0.29, 0.717) is 18.4 Å². The first-order valence-electron chi connectivity index (χ1n) is 30.8. The highest BCUT2D eigenvalue weighted by molar-refractivity contribution is 6.00. The smallest absolute Gasteiger partial charge is 0.326 e. The first kappa shape index (κ1) is 74.6. The molecule has 3 aliphatic rings. The number of carbonyl (C=O) groups excluding carboxylic acids is 11. The molecule has 0 saturated carbocycles. The van der Waals surface area contributed by atoms with Gasteiger partial charge in [-0.1, -0.05) is 71.9 Å². The van der Waals surface area contributed by atoms with Crippen molar-refractivity contribution in [1.29, 1.82) is 0 Å². The maximum absolute atomic E-state index is 14.6. The highest BCUT2D eigenvalue weighted by atomic mass is 16.4. The van der Waals surface area contributed by atoms with Gasteiger partial charge in [-0.05, 0) is 102 Å². The molecule has 0 unspecified atom stereocenters. The van der Waals surface area contributed by atoms with Crippen molar-refractivity contribution in [3.63, 3.8) is 0 Å². The molecule has 502 valence electrons. The van der Waals surface area contributed by atoms with Gasteiger partial charge in [-0.25, -0.2) is 4.79 Å². The number of aliphatic carboxylic acids is 2. The minimum Gasteiger partial charge on any atom is -0.481 e. The van der Waals surface area contributed by atoms with Gasteiger partial charge in [0.25, 0.3) is 0 Å². The number of carbonyl (C=O) groups is 13. The van der Waals surface area contributed by atoms with Gasteiger partial charge >= 0.3 is 11.9 Å². The number of aliphatic hydroxyl groups excluding tert-OH is 3. The van der Waals surface area contributed by atoms with Crippen LogP contribution in [0.3, 0.4) is 0 Å². The van der Waals surface area contributed by atoms with E-state index in [0.717, 1.165) is 11.8 Å². The van der Waals surface area contributed by atoms with Crippen molar-refractivity contribution in [3.8, 4) is 0 Å². The number of rotatable bonds is 33. The van der Waals surface area contributed by atoms with Crippen molar-refractivity contribution in [2.75, 3.05) is 26.2 Å². The van der Waals surface area contributed by atoms with E-state index < -0.39 is 175 Å². The second-order valence-corrected chi connectivity index (χ2v) is 24.9. The van der Waals surface area contributed by atoms with E-state index in [9.17, 15) is 87.9 Å². The molecular weight excluding hydrogens is 1180 g/mol. The molecule has 0 spiro atoms. The molecule has 1 aromatic rings. The van der Waals surface area contributed by atoms with Gasteiger partial charge in [0.2, 0.25) is 65.0 Å². The van der Waals surface area contributed by atoms with Gasteiger partial charge in [-0.15, -0.1) is 0 Å². The average Bonchev–Trinajstić information content (AvgIpc) is 1.87. The maximum atomic E-state index is 14.6. The molecule has 3 fully saturated rings. The molecule has 0 aliphatic carbocycles. The van der Waals surface area contributed by atoms with Crippen LogP contribution in [0.25, 0.3) is 0 Å². The van der Waals surface area contributed by atoms with Gasteiger partial charge in [0.1, 0.15) is 72.5 Å². The number of hydrogen-bond donors (Lipinski definition) is 14. The van der Waals surface area contributed by atoms with Crippen LogP contribution in [-0.2, 0) is 68.7 Å². The summed E-state index contributed by atoms with van der Waals surface area (Å²) in [5.41, 5.74) is 6.46. The zero-order valence-electron chi connectivity index (χ0n) is 52.8. The Morgan fingerprint density at radius 1 is 0.478 bits per heavy atom. The number of nitrogens with two attached hydrogens (primary N) is 1. The quantitative estimate of drug-likeness (QED) is 0.0331. The van der Waals surface area contributed by atoms with Crippen LogP contribution >= 0.6 is 0 Å². The largest absolute Gasteiger partial charge is 0.481 e. The Kier molecular flexibility index (Phi) is 29.0. The normalized spacial score (nSPS) is 20.2. The molecular formula is C60H94N12O18. The van der Waals surface area contributed by atoms with Crippen molar-refractivity contribution in [1.82, 2.24) is 57.2 Å². The van der Waals surface area contributed by atoms with E-state index in [-0.39, 0.29) is 88.8 Å². The van der Waals surface area contributed by atoms with Gasteiger partial charge < -0.3 is 88.5 Å². The fourth-order valence-corrected chi connectivity index (χ4v) is 11.1. The van der Waals surface area contributed by atoms with Crippen LogP contribution in [0.15, 0.2) is 30.3 Å². The van der Waals surface area contributed by atoms with Gasteiger partial charge in [-0.2, -0.15) is 0 Å². The van der Waals surface area contributed by atoms with Crippen molar-refractivity contribution in [2.24, 2.45) is 23.5 Å². The number of carboxylic acids is 2. The summed E-state index contributed by atoms with van der Waals surface area (Å²) in [6.45, 7) is 13.6. The summed E-state index contributed by atoms with van der Waals surface area (Å²) in [6, 6.07) is -8.16. The van der Waals surface area contributed by atoms with Gasteiger partial charge in [0, 0.05) is 26.1 Å². The Labute approximate surface area is 523 Å². The van der Waals surface area contributed by atoms with E-state index in [1.807, 2.05) is 0 Å². The number of carboxylic acid groups (broad SMARTS) is 2. The lowest BCUT2D eigenvalue weighted by Crippen LogP contribution is -2.62. The van der Waals surface area contributed by atoms with Crippen molar-refractivity contribution in [2.45, 2.75) is 218 Å². The molecule has 0 aromatic heterocycles. The van der Waals surface area contributed by atoms with E-state index in [2.05, 4.69) is 42.5 Å². The summed E-state index contributed by atoms with van der Waals surface area (Å²) < 4.78 is 0. The third-order valence-electron chi connectivity index (χ3n) is 15.8. The second-order valence-electron chi connectivity index (χ2n) is 24.9. The van der Waals surface area contributed by atoms with E-state index >= 15 is 0 Å². The molecule has 4 rings (SSSR count). The second kappa shape index (κ2) is 35.0. The van der Waals surface area contributed by atoms with Crippen LogP contribution in [0.5, 0.6) is 0 Å². The Hall–Kier alpha value is -7.83. The minimum absolute atomic E-state index is 0.0000659. The summed E-state index contributed by atoms with van der Waals surface area (Å²) >= 11 is 0. The van der Waals surface area contributed by atoms with Crippen LogP contribution in [0.1, 0.15) is 132 Å². The highest BCUT2D eigenvalue weighted by Gasteiger charge is 2.44.